The van der Waals surface area contributed by atoms with Crippen molar-refractivity contribution in [1.29, 1.82) is 0 Å². The highest BCUT2D eigenvalue weighted by Gasteiger charge is 2.39. The highest BCUT2D eigenvalue weighted by Crippen LogP contribution is 2.34. The van der Waals surface area contributed by atoms with Crippen LogP contribution in [0.5, 0.6) is 5.75 Å². The molecule has 3 aromatic rings. The Kier molecular flexibility index (Phi) is 5.76. The smallest absolute Gasteiger partial charge is 0.247 e. The van der Waals surface area contributed by atoms with Gasteiger partial charge in [-0.15, -0.1) is 5.10 Å². The van der Waals surface area contributed by atoms with E-state index in [1.165, 1.54) is 18.0 Å². The molecular formula is C22H19N3O3S. The Morgan fingerprint density at radius 1 is 1.10 bits per heavy atom. The summed E-state index contributed by atoms with van der Waals surface area (Å²) >= 11 is 1.41. The second-order valence-electron chi connectivity index (χ2n) is 6.31. The quantitative estimate of drug-likeness (QED) is 0.451. The second-order valence-corrected chi connectivity index (χ2v) is 7.48. The van der Waals surface area contributed by atoms with Gasteiger partial charge in [0, 0.05) is 0 Å². The zero-order valence-corrected chi connectivity index (χ0v) is 16.6. The fourth-order valence-corrected chi connectivity index (χ4v) is 4.09. The van der Waals surface area contributed by atoms with Crippen LogP contribution in [0.4, 0.5) is 5.69 Å². The molecule has 2 aromatic carbocycles. The molecule has 4 rings (SSSR count). The molecule has 0 saturated carbocycles. The lowest BCUT2D eigenvalue weighted by atomic mass is 10.1. The number of furan rings is 1. The number of ether oxygens (including phenoxy) is 1. The molecule has 6 nitrogen and oxygen atoms in total. The molecular weight excluding hydrogens is 386 g/mol. The van der Waals surface area contributed by atoms with Crippen molar-refractivity contribution in [3.05, 3.63) is 84.3 Å². The number of hydrogen-bond donors (Lipinski definition) is 0. The Balaban J connectivity index is 1.58. The lowest BCUT2D eigenvalue weighted by Gasteiger charge is -2.15. The molecule has 29 heavy (non-hydrogen) atoms. The predicted octanol–water partition coefficient (Wildman–Crippen LogP) is 4.37. The number of amides is 1. The van der Waals surface area contributed by atoms with Gasteiger partial charge in [-0.25, -0.2) is 0 Å². The van der Waals surface area contributed by atoms with E-state index in [2.05, 4.69) is 10.2 Å². The van der Waals surface area contributed by atoms with Crippen LogP contribution >= 0.6 is 11.8 Å². The maximum absolute atomic E-state index is 13.2. The van der Waals surface area contributed by atoms with Gasteiger partial charge in [0.1, 0.15) is 11.5 Å². The molecule has 1 fully saturated rings. The van der Waals surface area contributed by atoms with Crippen molar-refractivity contribution < 1.29 is 13.9 Å². The zero-order valence-electron chi connectivity index (χ0n) is 15.8. The fraction of sp³-hybridized carbons (Fsp3) is 0.136. The SMILES string of the molecule is COc1ccc(CC2SC(=NN=Cc3ccco3)N(c3ccccc3)C2=O)cc1. The lowest BCUT2D eigenvalue weighted by molar-refractivity contribution is -0.116. The number of anilines is 1. The van der Waals surface area contributed by atoms with Crippen LogP contribution in [0.25, 0.3) is 0 Å². The molecule has 0 N–H and O–H groups in total. The summed E-state index contributed by atoms with van der Waals surface area (Å²) in [6.07, 6.45) is 3.69. The number of thioether (sulfide) groups is 1. The topological polar surface area (TPSA) is 67.4 Å². The summed E-state index contributed by atoms with van der Waals surface area (Å²) in [6, 6.07) is 20.8. The number of carbonyl (C=O) groups excluding carboxylic acids is 1. The number of methoxy groups -OCH3 is 1. The molecule has 0 aliphatic carbocycles. The van der Waals surface area contributed by atoms with Crippen LogP contribution in [-0.2, 0) is 11.2 Å². The molecule has 1 aliphatic rings. The van der Waals surface area contributed by atoms with Gasteiger partial charge < -0.3 is 9.15 Å². The van der Waals surface area contributed by atoms with Gasteiger partial charge in [0.25, 0.3) is 0 Å². The van der Waals surface area contributed by atoms with E-state index in [9.17, 15) is 4.79 Å². The van der Waals surface area contributed by atoms with E-state index in [4.69, 9.17) is 9.15 Å². The van der Waals surface area contributed by atoms with Crippen molar-refractivity contribution in [2.45, 2.75) is 11.7 Å². The standard InChI is InChI=1S/C22H19N3O3S/c1-27-18-11-9-16(10-12-18)14-20-21(26)25(17-6-3-2-4-7-17)22(29-20)24-23-15-19-8-5-13-28-19/h2-13,15,20H,14H2,1H3. The molecule has 1 amide bonds. The minimum Gasteiger partial charge on any atom is -0.497 e. The van der Waals surface area contributed by atoms with Crippen molar-refractivity contribution in [1.82, 2.24) is 0 Å². The van der Waals surface area contributed by atoms with Crippen LogP contribution < -0.4 is 9.64 Å². The summed E-state index contributed by atoms with van der Waals surface area (Å²) in [4.78, 5) is 14.8. The monoisotopic (exact) mass is 405 g/mol. The highest BCUT2D eigenvalue weighted by atomic mass is 32.2. The highest BCUT2D eigenvalue weighted by molar-refractivity contribution is 8.16. The van der Waals surface area contributed by atoms with Crippen LogP contribution in [0.15, 0.2) is 87.6 Å². The van der Waals surface area contributed by atoms with Crippen molar-refractivity contribution in [3.63, 3.8) is 0 Å². The summed E-state index contributed by atoms with van der Waals surface area (Å²) in [6.45, 7) is 0. The van der Waals surface area contributed by atoms with Gasteiger partial charge in [-0.2, -0.15) is 5.10 Å². The first kappa shape index (κ1) is 19.0. The van der Waals surface area contributed by atoms with Crippen LogP contribution in [0.2, 0.25) is 0 Å². The molecule has 0 radical (unpaired) electrons. The van der Waals surface area contributed by atoms with Crippen LogP contribution in [0.1, 0.15) is 11.3 Å². The first-order chi connectivity index (χ1) is 14.2. The van der Waals surface area contributed by atoms with Crippen molar-refractivity contribution >= 4 is 34.7 Å². The third kappa shape index (κ3) is 4.41. The van der Waals surface area contributed by atoms with E-state index in [0.29, 0.717) is 17.3 Å². The van der Waals surface area contributed by atoms with Gasteiger partial charge in [-0.1, -0.05) is 42.1 Å². The third-order valence-corrected chi connectivity index (χ3v) is 5.53. The molecule has 1 aliphatic heterocycles. The Morgan fingerprint density at radius 2 is 1.90 bits per heavy atom. The Bertz CT molecular complexity index is 1020. The molecule has 1 saturated heterocycles. The third-order valence-electron chi connectivity index (χ3n) is 4.40. The average Bonchev–Trinajstić information content (AvgIpc) is 3.38. The predicted molar refractivity (Wildman–Crippen MR) is 116 cm³/mol. The van der Waals surface area contributed by atoms with Crippen LogP contribution in [0.3, 0.4) is 0 Å². The molecule has 146 valence electrons. The minimum atomic E-state index is -0.277. The minimum absolute atomic E-state index is 0.0102. The van der Waals surface area contributed by atoms with Gasteiger partial charge in [0.15, 0.2) is 5.17 Å². The normalized spacial score (nSPS) is 18.1. The molecule has 2 heterocycles. The Hall–Kier alpha value is -3.32. The van der Waals surface area contributed by atoms with Gasteiger partial charge in [-0.05, 0) is 48.4 Å². The first-order valence-electron chi connectivity index (χ1n) is 9.08. The summed E-state index contributed by atoms with van der Waals surface area (Å²) in [5, 5.41) is 8.68. The number of nitrogens with zero attached hydrogens (tertiary/aromatic N) is 3. The largest absolute Gasteiger partial charge is 0.497 e. The molecule has 7 heteroatoms. The summed E-state index contributed by atoms with van der Waals surface area (Å²) < 4.78 is 10.4. The summed E-state index contributed by atoms with van der Waals surface area (Å²) in [5.41, 5.74) is 1.83. The van der Waals surface area contributed by atoms with Crippen LogP contribution in [0, 0.1) is 0 Å². The van der Waals surface area contributed by atoms with E-state index in [1.807, 2.05) is 54.6 Å². The van der Waals surface area contributed by atoms with Gasteiger partial charge in [0.2, 0.25) is 5.91 Å². The molecule has 1 aromatic heterocycles. The number of amidine groups is 1. The first-order valence-corrected chi connectivity index (χ1v) is 9.95. The lowest BCUT2D eigenvalue weighted by Crippen LogP contribution is -2.32. The molecule has 1 atom stereocenters. The summed E-state index contributed by atoms with van der Waals surface area (Å²) in [5.74, 6) is 1.38. The summed E-state index contributed by atoms with van der Waals surface area (Å²) in [7, 11) is 1.63. The van der Waals surface area contributed by atoms with Crippen molar-refractivity contribution in [2.75, 3.05) is 12.0 Å². The number of rotatable bonds is 6. The van der Waals surface area contributed by atoms with E-state index in [-0.39, 0.29) is 11.2 Å². The maximum atomic E-state index is 13.2. The fourth-order valence-electron chi connectivity index (χ4n) is 2.96. The van der Waals surface area contributed by atoms with Crippen molar-refractivity contribution in [2.24, 2.45) is 10.2 Å². The van der Waals surface area contributed by atoms with Crippen LogP contribution in [-0.4, -0.2) is 29.6 Å². The van der Waals surface area contributed by atoms with E-state index >= 15 is 0 Å². The van der Waals surface area contributed by atoms with E-state index in [1.54, 1.807) is 30.4 Å². The number of para-hydroxylation sites is 1. The van der Waals surface area contributed by atoms with Gasteiger partial charge in [-0.3, -0.25) is 9.69 Å². The Morgan fingerprint density at radius 3 is 2.59 bits per heavy atom. The van der Waals surface area contributed by atoms with Gasteiger partial charge in [0.05, 0.1) is 30.5 Å². The number of carbonyl (C=O) groups is 1. The second kappa shape index (κ2) is 8.79. The number of hydrogen-bond acceptors (Lipinski definition) is 6. The molecule has 1 unspecified atom stereocenters. The van der Waals surface area contributed by atoms with Crippen molar-refractivity contribution in [3.8, 4) is 5.75 Å². The van der Waals surface area contributed by atoms with Gasteiger partial charge >= 0.3 is 0 Å². The Labute approximate surface area is 172 Å². The number of benzene rings is 2. The molecule has 0 bridgehead atoms. The van der Waals surface area contributed by atoms with E-state index in [0.717, 1.165) is 17.0 Å². The van der Waals surface area contributed by atoms with E-state index < -0.39 is 0 Å². The maximum Gasteiger partial charge on any atom is 0.247 e. The zero-order chi connectivity index (χ0) is 20.1. The molecule has 0 spiro atoms. The average molecular weight is 405 g/mol.